The van der Waals surface area contributed by atoms with Gasteiger partial charge in [0.2, 0.25) is 0 Å². The van der Waals surface area contributed by atoms with E-state index in [1.807, 2.05) is 0 Å². The quantitative estimate of drug-likeness (QED) is 0.152. The zero-order valence-electron chi connectivity index (χ0n) is 21.3. The number of ether oxygens (including phenoxy) is 1. The molecule has 3 aromatic rings. The van der Waals surface area contributed by atoms with Gasteiger partial charge in [-0.1, -0.05) is 23.7 Å². The lowest BCUT2D eigenvalue weighted by Crippen LogP contribution is -2.43. The lowest BCUT2D eigenvalue weighted by Gasteiger charge is -2.19. The van der Waals surface area contributed by atoms with E-state index in [4.69, 9.17) is 26.1 Å². The summed E-state index contributed by atoms with van der Waals surface area (Å²) in [5, 5.41) is 21.4. The first-order chi connectivity index (χ1) is 19.9. The second kappa shape index (κ2) is 12.9. The molecule has 0 aliphatic carbocycles. The zero-order chi connectivity index (χ0) is 31.7. The molecule has 4 rings (SSSR count). The van der Waals surface area contributed by atoms with Crippen LogP contribution in [0.15, 0.2) is 64.4 Å². The summed E-state index contributed by atoms with van der Waals surface area (Å²) in [5.41, 5.74) is 0.0675. The number of phosphoric ester groups is 1. The van der Waals surface area contributed by atoms with E-state index in [1.165, 1.54) is 6.20 Å². The molecule has 0 saturated carbocycles. The first-order valence-corrected chi connectivity index (χ1v) is 16.7. The Morgan fingerprint density at radius 1 is 0.930 bits per heavy atom. The van der Waals surface area contributed by atoms with Gasteiger partial charge in [-0.15, -0.1) is 0 Å². The SMILES string of the molecule is O=c1ccn([C@@H]2O[C@H](COP(=O)(O)OP(=O)(O)OP(=O)(O)O)[C@H](O)C2O)c(=O)n1Cc1cc(-c2cccc(Cl)c2)ccn1. The van der Waals surface area contributed by atoms with E-state index in [0.717, 1.165) is 27.0 Å². The highest BCUT2D eigenvalue weighted by molar-refractivity contribution is 7.66. The first kappa shape index (κ1) is 33.5. The minimum absolute atomic E-state index is 0.298. The Labute approximate surface area is 245 Å². The maximum absolute atomic E-state index is 13.3. The molecule has 18 nitrogen and oxygen atoms in total. The molecule has 2 aromatic heterocycles. The zero-order valence-corrected chi connectivity index (χ0v) is 24.8. The fourth-order valence-corrected chi connectivity index (χ4v) is 7.23. The Bertz CT molecular complexity index is 1760. The minimum Gasteiger partial charge on any atom is -0.387 e. The Kier molecular flexibility index (Phi) is 10.1. The number of rotatable bonds is 11. The third-order valence-electron chi connectivity index (χ3n) is 5.82. The number of aromatic nitrogens is 3. The third-order valence-corrected chi connectivity index (χ3v) is 9.86. The van der Waals surface area contributed by atoms with Crippen LogP contribution in [-0.4, -0.2) is 68.8 Å². The highest BCUT2D eigenvalue weighted by Gasteiger charge is 2.47. The maximum Gasteiger partial charge on any atom is 0.490 e. The van der Waals surface area contributed by atoms with Crippen molar-refractivity contribution in [2.45, 2.75) is 31.1 Å². The van der Waals surface area contributed by atoms with Gasteiger partial charge in [0.05, 0.1) is 18.8 Å². The van der Waals surface area contributed by atoms with Gasteiger partial charge in [-0.05, 0) is 35.4 Å². The molecule has 234 valence electrons. The number of aliphatic hydroxyl groups is 2. The second-order valence-corrected chi connectivity index (χ2v) is 13.8. The van der Waals surface area contributed by atoms with Gasteiger partial charge in [0.25, 0.3) is 5.56 Å². The fourth-order valence-electron chi connectivity index (χ4n) is 4.01. The summed E-state index contributed by atoms with van der Waals surface area (Å²) in [5.74, 6) is 0. The molecular formula is C21H23ClN3O15P3. The summed E-state index contributed by atoms with van der Waals surface area (Å²) in [6.07, 6.45) is -4.53. The predicted molar refractivity (Wildman–Crippen MR) is 144 cm³/mol. The molecule has 0 spiro atoms. The Morgan fingerprint density at radius 3 is 2.30 bits per heavy atom. The normalized spacial score (nSPS) is 23.5. The molecule has 0 bridgehead atoms. The fraction of sp³-hybridized carbons (Fsp3) is 0.286. The lowest BCUT2D eigenvalue weighted by atomic mass is 10.1. The first-order valence-electron chi connectivity index (χ1n) is 11.8. The van der Waals surface area contributed by atoms with Crippen molar-refractivity contribution in [2.75, 3.05) is 6.61 Å². The molecule has 3 heterocycles. The molecule has 6 atom stereocenters. The molecule has 3 unspecified atom stereocenters. The summed E-state index contributed by atoms with van der Waals surface area (Å²) in [7, 11) is -17.0. The largest absolute Gasteiger partial charge is 0.490 e. The van der Waals surface area contributed by atoms with Crippen LogP contribution in [0.1, 0.15) is 11.9 Å². The number of hydrogen-bond acceptors (Lipinski definition) is 12. The highest BCUT2D eigenvalue weighted by atomic mass is 35.5. The Balaban J connectivity index is 1.51. The van der Waals surface area contributed by atoms with Crippen LogP contribution in [0.2, 0.25) is 5.02 Å². The number of benzene rings is 1. The van der Waals surface area contributed by atoms with E-state index in [0.29, 0.717) is 16.3 Å². The predicted octanol–water partition coefficient (Wildman–Crippen LogP) is 0.736. The van der Waals surface area contributed by atoms with E-state index in [1.54, 1.807) is 36.4 Å². The number of hydrogen-bond donors (Lipinski definition) is 6. The monoisotopic (exact) mass is 685 g/mol. The molecule has 0 amide bonds. The summed E-state index contributed by atoms with van der Waals surface area (Å²) < 4.78 is 52.8. The van der Waals surface area contributed by atoms with Gasteiger partial charge in [0.1, 0.15) is 18.3 Å². The van der Waals surface area contributed by atoms with Crippen molar-refractivity contribution in [1.29, 1.82) is 0 Å². The number of halogens is 1. The van der Waals surface area contributed by atoms with Gasteiger partial charge in [-0.25, -0.2) is 18.5 Å². The Hall–Kier alpha value is -2.37. The number of phosphoric acid groups is 3. The van der Waals surface area contributed by atoms with Crippen molar-refractivity contribution < 1.29 is 61.4 Å². The van der Waals surface area contributed by atoms with E-state index in [9.17, 15) is 43.3 Å². The molecule has 1 aliphatic rings. The maximum atomic E-state index is 13.3. The molecule has 1 aliphatic heterocycles. The van der Waals surface area contributed by atoms with Crippen molar-refractivity contribution >= 4 is 35.1 Å². The third kappa shape index (κ3) is 8.63. The molecule has 43 heavy (non-hydrogen) atoms. The van der Waals surface area contributed by atoms with Crippen LogP contribution in [0.4, 0.5) is 0 Å². The van der Waals surface area contributed by atoms with Crippen LogP contribution >= 0.6 is 35.1 Å². The number of pyridine rings is 1. The smallest absolute Gasteiger partial charge is 0.387 e. The van der Waals surface area contributed by atoms with Gasteiger partial charge in [-0.3, -0.25) is 23.4 Å². The van der Waals surface area contributed by atoms with Crippen molar-refractivity contribution in [2.24, 2.45) is 0 Å². The molecule has 1 aromatic carbocycles. The van der Waals surface area contributed by atoms with E-state index in [2.05, 4.69) is 18.1 Å². The molecule has 1 saturated heterocycles. The topological polar surface area (TPSA) is 266 Å². The van der Waals surface area contributed by atoms with Gasteiger partial charge >= 0.3 is 29.2 Å². The van der Waals surface area contributed by atoms with E-state index >= 15 is 0 Å². The van der Waals surface area contributed by atoms with Crippen molar-refractivity contribution in [3.63, 3.8) is 0 Å². The average Bonchev–Trinajstić information content (AvgIpc) is 3.16. The molecular weight excluding hydrogens is 663 g/mol. The van der Waals surface area contributed by atoms with E-state index in [-0.39, 0.29) is 6.54 Å². The van der Waals surface area contributed by atoms with Crippen molar-refractivity contribution in [1.82, 2.24) is 14.1 Å². The molecule has 6 N–H and O–H groups in total. The van der Waals surface area contributed by atoms with Crippen LogP contribution in [0.3, 0.4) is 0 Å². The van der Waals surface area contributed by atoms with Crippen LogP contribution in [0, 0.1) is 0 Å². The van der Waals surface area contributed by atoms with Gasteiger partial charge in [0.15, 0.2) is 6.23 Å². The Morgan fingerprint density at radius 2 is 1.63 bits per heavy atom. The van der Waals surface area contributed by atoms with Crippen LogP contribution < -0.4 is 11.2 Å². The van der Waals surface area contributed by atoms with Crippen molar-refractivity contribution in [3.05, 3.63) is 86.4 Å². The minimum atomic E-state index is -5.80. The molecule has 0 radical (unpaired) electrons. The standard InChI is InChI=1S/C21H23ClN3O15P3/c22-14-3-1-2-12(8-14)13-4-6-23-15(9-13)10-25-17(26)5-7-24(21(25)29)20-19(28)18(27)16(38-20)11-37-42(33,34)40-43(35,36)39-41(30,31)32/h1-9,16,18-20,27-28H,10-11H2,(H,33,34)(H,35,36)(H2,30,31,32)/t16-,18+,19?,20-/m1/s1. The average molecular weight is 686 g/mol. The molecule has 1 fully saturated rings. The molecule has 22 heteroatoms. The number of aliphatic hydroxyl groups excluding tert-OH is 2. The highest BCUT2D eigenvalue weighted by Crippen LogP contribution is 2.66. The summed E-state index contributed by atoms with van der Waals surface area (Å²) in [6.45, 7) is -1.39. The van der Waals surface area contributed by atoms with Crippen molar-refractivity contribution in [3.8, 4) is 11.1 Å². The van der Waals surface area contributed by atoms with Gasteiger partial charge in [0, 0.05) is 23.5 Å². The second-order valence-electron chi connectivity index (χ2n) is 8.91. The van der Waals surface area contributed by atoms with Crippen LogP contribution in [0.5, 0.6) is 0 Å². The summed E-state index contributed by atoms with van der Waals surface area (Å²) in [6, 6.07) is 11.3. The van der Waals surface area contributed by atoms with Gasteiger partial charge < -0.3 is 34.5 Å². The van der Waals surface area contributed by atoms with Crippen LogP contribution in [-0.2, 0) is 38.1 Å². The summed E-state index contributed by atoms with van der Waals surface area (Å²) in [4.78, 5) is 66.1. The van der Waals surface area contributed by atoms with Gasteiger partial charge in [-0.2, -0.15) is 8.62 Å². The van der Waals surface area contributed by atoms with E-state index < -0.39 is 65.9 Å². The lowest BCUT2D eigenvalue weighted by molar-refractivity contribution is -0.0547. The van der Waals surface area contributed by atoms with Crippen LogP contribution in [0.25, 0.3) is 11.1 Å². The summed E-state index contributed by atoms with van der Waals surface area (Å²) >= 11 is 6.06. The number of nitrogens with zero attached hydrogens (tertiary/aromatic N) is 3.